The SMILES string of the molecule is Cc1cccc(-c2cc(-c3ccc4sc5ccccc5c4c3)cc(-c3ccc4sc5ccccc5c4c3)c2C#N)c1. The number of thiophene rings is 2. The molecule has 192 valence electrons. The van der Waals surface area contributed by atoms with E-state index in [2.05, 4.69) is 134 Å². The summed E-state index contributed by atoms with van der Waals surface area (Å²) in [6, 6.07) is 46.1. The van der Waals surface area contributed by atoms with E-state index in [1.807, 2.05) is 22.7 Å². The van der Waals surface area contributed by atoms with Crippen molar-refractivity contribution in [3.8, 4) is 39.4 Å². The topological polar surface area (TPSA) is 23.8 Å². The lowest BCUT2D eigenvalue weighted by Crippen LogP contribution is -1.93. The van der Waals surface area contributed by atoms with Crippen molar-refractivity contribution >= 4 is 63.0 Å². The summed E-state index contributed by atoms with van der Waals surface area (Å²) in [7, 11) is 0. The van der Waals surface area contributed by atoms with Crippen LogP contribution in [0, 0.1) is 18.3 Å². The first-order chi connectivity index (χ1) is 20.2. The number of aryl methyl sites for hydroxylation is 1. The van der Waals surface area contributed by atoms with Gasteiger partial charge in [-0.1, -0.05) is 78.4 Å². The molecule has 0 saturated heterocycles. The Morgan fingerprint density at radius 2 is 1.00 bits per heavy atom. The summed E-state index contributed by atoms with van der Waals surface area (Å²) in [4.78, 5) is 0. The molecule has 0 aliphatic heterocycles. The lowest BCUT2D eigenvalue weighted by Gasteiger charge is -2.15. The second kappa shape index (κ2) is 9.42. The fourth-order valence-electron chi connectivity index (χ4n) is 6.00. The van der Waals surface area contributed by atoms with Gasteiger partial charge in [0.2, 0.25) is 0 Å². The van der Waals surface area contributed by atoms with Crippen molar-refractivity contribution in [2.45, 2.75) is 6.92 Å². The molecule has 0 atom stereocenters. The van der Waals surface area contributed by atoms with Crippen LogP contribution in [-0.4, -0.2) is 0 Å². The first kappa shape index (κ1) is 24.1. The third-order valence-electron chi connectivity index (χ3n) is 7.98. The van der Waals surface area contributed by atoms with Crippen molar-refractivity contribution in [1.29, 1.82) is 5.26 Å². The molecule has 3 heteroatoms. The zero-order valence-corrected chi connectivity index (χ0v) is 23.9. The van der Waals surface area contributed by atoms with Crippen LogP contribution < -0.4 is 0 Å². The summed E-state index contributed by atoms with van der Waals surface area (Å²) in [5, 5.41) is 15.6. The minimum Gasteiger partial charge on any atom is -0.192 e. The second-order valence-corrected chi connectivity index (χ2v) is 12.7. The first-order valence-electron chi connectivity index (χ1n) is 13.6. The second-order valence-electron chi connectivity index (χ2n) is 10.5. The van der Waals surface area contributed by atoms with Crippen LogP contribution in [0.5, 0.6) is 0 Å². The summed E-state index contributed by atoms with van der Waals surface area (Å²) in [6.07, 6.45) is 0. The highest BCUT2D eigenvalue weighted by atomic mass is 32.1. The van der Waals surface area contributed by atoms with Gasteiger partial charge in [-0.25, -0.2) is 0 Å². The van der Waals surface area contributed by atoms with Crippen LogP contribution in [0.2, 0.25) is 0 Å². The highest BCUT2D eigenvalue weighted by Crippen LogP contribution is 2.42. The molecule has 2 aromatic heterocycles. The summed E-state index contributed by atoms with van der Waals surface area (Å²) in [5.74, 6) is 0. The van der Waals surface area contributed by atoms with Crippen molar-refractivity contribution in [2.75, 3.05) is 0 Å². The predicted molar refractivity (Wildman–Crippen MR) is 178 cm³/mol. The zero-order valence-electron chi connectivity index (χ0n) is 22.3. The van der Waals surface area contributed by atoms with Crippen LogP contribution >= 0.6 is 22.7 Å². The molecule has 0 aliphatic carbocycles. The molecule has 0 fully saturated rings. The standard InChI is InChI=1S/C38H23NS2/c1-23-7-6-8-25(17-23)30-20-27(24-13-15-37-32(18-24)28-9-2-4-11-35(28)40-37)21-31(34(30)22-39)26-14-16-38-33(19-26)29-10-3-5-12-36(29)41-38/h2-21H,1H3. The molecule has 2 heterocycles. The summed E-state index contributed by atoms with van der Waals surface area (Å²) in [5.41, 5.74) is 8.22. The van der Waals surface area contributed by atoms with E-state index in [-0.39, 0.29) is 0 Å². The van der Waals surface area contributed by atoms with E-state index in [9.17, 15) is 5.26 Å². The van der Waals surface area contributed by atoms with Crippen LogP contribution in [0.15, 0.2) is 121 Å². The Morgan fingerprint density at radius 1 is 0.463 bits per heavy atom. The van der Waals surface area contributed by atoms with Gasteiger partial charge in [0.05, 0.1) is 5.56 Å². The van der Waals surface area contributed by atoms with E-state index in [1.165, 1.54) is 45.9 Å². The van der Waals surface area contributed by atoms with Gasteiger partial charge < -0.3 is 0 Å². The molecule has 6 aromatic carbocycles. The fraction of sp³-hybridized carbons (Fsp3) is 0.0263. The van der Waals surface area contributed by atoms with Crippen LogP contribution in [-0.2, 0) is 0 Å². The summed E-state index contributed by atoms with van der Waals surface area (Å²) in [6.45, 7) is 2.10. The molecule has 0 unspecified atom stereocenters. The highest BCUT2D eigenvalue weighted by Gasteiger charge is 2.17. The molecule has 0 amide bonds. The molecule has 41 heavy (non-hydrogen) atoms. The van der Waals surface area contributed by atoms with Crippen molar-refractivity contribution in [1.82, 2.24) is 0 Å². The molecule has 0 radical (unpaired) electrons. The number of rotatable bonds is 3. The van der Waals surface area contributed by atoms with E-state index in [1.54, 1.807) is 0 Å². The van der Waals surface area contributed by atoms with Gasteiger partial charge in [0, 0.05) is 51.5 Å². The number of benzene rings is 6. The van der Waals surface area contributed by atoms with Crippen molar-refractivity contribution in [3.63, 3.8) is 0 Å². The Balaban J connectivity index is 1.41. The molecule has 8 aromatic rings. The average molecular weight is 558 g/mol. The monoisotopic (exact) mass is 557 g/mol. The van der Waals surface area contributed by atoms with Crippen LogP contribution in [0.4, 0.5) is 0 Å². The highest BCUT2D eigenvalue weighted by molar-refractivity contribution is 7.26. The van der Waals surface area contributed by atoms with Gasteiger partial charge in [0.15, 0.2) is 0 Å². The predicted octanol–water partition coefficient (Wildman–Crippen LogP) is 11.6. The van der Waals surface area contributed by atoms with Crippen LogP contribution in [0.3, 0.4) is 0 Å². The average Bonchev–Trinajstić information content (AvgIpc) is 3.58. The van der Waals surface area contributed by atoms with Gasteiger partial charge in [-0.3, -0.25) is 0 Å². The van der Waals surface area contributed by atoms with E-state index in [4.69, 9.17) is 0 Å². The third kappa shape index (κ3) is 3.96. The Morgan fingerprint density at radius 3 is 1.61 bits per heavy atom. The summed E-state index contributed by atoms with van der Waals surface area (Å²) < 4.78 is 5.14. The molecular weight excluding hydrogens is 535 g/mol. The van der Waals surface area contributed by atoms with E-state index in [0.717, 1.165) is 33.4 Å². The Hall–Kier alpha value is -4.75. The summed E-state index contributed by atoms with van der Waals surface area (Å²) >= 11 is 3.65. The minimum absolute atomic E-state index is 0.709. The van der Waals surface area contributed by atoms with Gasteiger partial charge in [0.1, 0.15) is 6.07 Å². The lowest BCUT2D eigenvalue weighted by atomic mass is 9.87. The van der Waals surface area contributed by atoms with E-state index >= 15 is 0 Å². The number of nitriles is 1. The van der Waals surface area contributed by atoms with Gasteiger partial charge in [-0.15, -0.1) is 22.7 Å². The van der Waals surface area contributed by atoms with Gasteiger partial charge in [-0.2, -0.15) is 5.26 Å². The minimum atomic E-state index is 0.709. The molecule has 0 saturated carbocycles. The lowest BCUT2D eigenvalue weighted by molar-refractivity contribution is 1.44. The number of nitrogens with zero attached hydrogens (tertiary/aromatic N) is 1. The van der Waals surface area contributed by atoms with Crippen molar-refractivity contribution < 1.29 is 0 Å². The molecule has 0 bridgehead atoms. The number of hydrogen-bond donors (Lipinski definition) is 0. The molecule has 0 spiro atoms. The van der Waals surface area contributed by atoms with Crippen molar-refractivity contribution in [3.05, 3.63) is 132 Å². The Kier molecular flexibility index (Phi) is 5.53. The largest absolute Gasteiger partial charge is 0.192 e. The van der Waals surface area contributed by atoms with E-state index in [0.29, 0.717) is 5.56 Å². The molecule has 8 rings (SSSR count). The fourth-order valence-corrected chi connectivity index (χ4v) is 8.17. The van der Waals surface area contributed by atoms with Gasteiger partial charge in [0.25, 0.3) is 0 Å². The molecule has 0 aliphatic rings. The first-order valence-corrected chi connectivity index (χ1v) is 15.3. The molecule has 1 nitrogen and oxygen atoms in total. The quantitative estimate of drug-likeness (QED) is 0.212. The van der Waals surface area contributed by atoms with E-state index < -0.39 is 0 Å². The molecule has 0 N–H and O–H groups in total. The molecular formula is C38H23NS2. The Bertz CT molecular complexity index is 2350. The maximum absolute atomic E-state index is 10.6. The maximum atomic E-state index is 10.6. The third-order valence-corrected chi connectivity index (χ3v) is 10.3. The zero-order chi connectivity index (χ0) is 27.5. The maximum Gasteiger partial charge on any atom is 0.100 e. The van der Waals surface area contributed by atoms with Gasteiger partial charge in [-0.05, 0) is 77.7 Å². The Labute approximate surface area is 246 Å². The van der Waals surface area contributed by atoms with Crippen LogP contribution in [0.1, 0.15) is 11.1 Å². The number of fused-ring (bicyclic) bond motifs is 6. The smallest absolute Gasteiger partial charge is 0.100 e. The van der Waals surface area contributed by atoms with Gasteiger partial charge >= 0.3 is 0 Å². The normalized spacial score (nSPS) is 11.5. The number of hydrogen-bond acceptors (Lipinski definition) is 3. The van der Waals surface area contributed by atoms with Crippen molar-refractivity contribution in [2.24, 2.45) is 0 Å². The van der Waals surface area contributed by atoms with Crippen LogP contribution in [0.25, 0.3) is 73.7 Å².